The molecule has 3 rings (SSSR count). The quantitative estimate of drug-likeness (QED) is 0.0872. The van der Waals surface area contributed by atoms with E-state index in [2.05, 4.69) is 26.6 Å². The maximum absolute atomic E-state index is 13.4. The highest BCUT2D eigenvalue weighted by atomic mass is 16.4. The number of hydrogen-bond donors (Lipinski definition) is 10. The molecule has 2 fully saturated rings. The first kappa shape index (κ1) is 36.2. The van der Waals surface area contributed by atoms with Crippen molar-refractivity contribution in [2.45, 2.75) is 81.4 Å². The lowest BCUT2D eigenvalue weighted by atomic mass is 10.1. The second kappa shape index (κ2) is 16.8. The Labute approximate surface area is 264 Å². The average molecular weight is 651 g/mol. The summed E-state index contributed by atoms with van der Waals surface area (Å²) in [6.07, 6.45) is 0.346. The molecule has 0 aliphatic carbocycles. The van der Waals surface area contributed by atoms with Crippen molar-refractivity contribution in [2.75, 3.05) is 26.3 Å². The highest BCUT2D eigenvalue weighted by molar-refractivity contribution is 5.97. The number of nitrogens with zero attached hydrogens (tertiary/aromatic N) is 1. The summed E-state index contributed by atoms with van der Waals surface area (Å²) in [5.74, 6) is -5.47. The fraction of sp³-hybridized carbons (Fsp3) is 0.586. The van der Waals surface area contributed by atoms with E-state index in [1.807, 2.05) is 0 Å². The second-order valence-electron chi connectivity index (χ2n) is 11.3. The smallest absolute Gasteiger partial charge is 0.326 e. The summed E-state index contributed by atoms with van der Waals surface area (Å²) in [5.41, 5.74) is 0.494. The maximum atomic E-state index is 13.4. The number of hydrogen-bond acceptors (Lipinski definition) is 11. The van der Waals surface area contributed by atoms with Gasteiger partial charge in [-0.15, -0.1) is 0 Å². The Morgan fingerprint density at radius 2 is 1.52 bits per heavy atom. The van der Waals surface area contributed by atoms with Crippen molar-refractivity contribution in [3.63, 3.8) is 0 Å². The van der Waals surface area contributed by atoms with E-state index in [-0.39, 0.29) is 25.1 Å². The first-order chi connectivity index (χ1) is 21.9. The van der Waals surface area contributed by atoms with E-state index >= 15 is 0 Å². The van der Waals surface area contributed by atoms with Gasteiger partial charge in [0.2, 0.25) is 29.5 Å². The number of aromatic hydroxyl groups is 1. The van der Waals surface area contributed by atoms with E-state index in [1.165, 1.54) is 31.2 Å². The molecule has 46 heavy (non-hydrogen) atoms. The van der Waals surface area contributed by atoms with Crippen LogP contribution in [0.2, 0.25) is 0 Å². The molecule has 7 atom stereocenters. The van der Waals surface area contributed by atoms with Crippen LogP contribution in [-0.4, -0.2) is 135 Å². The van der Waals surface area contributed by atoms with Gasteiger partial charge in [-0.1, -0.05) is 12.1 Å². The monoisotopic (exact) mass is 650 g/mol. The molecule has 0 saturated carbocycles. The highest BCUT2D eigenvalue weighted by Crippen LogP contribution is 2.19. The Kier molecular flexibility index (Phi) is 13.2. The number of carbonyl (C=O) groups excluding carboxylic acids is 5. The Balaban J connectivity index is 1.62. The molecule has 0 unspecified atom stereocenters. The van der Waals surface area contributed by atoms with Gasteiger partial charge in [0, 0.05) is 13.0 Å². The van der Waals surface area contributed by atoms with Crippen molar-refractivity contribution in [3.05, 3.63) is 29.8 Å². The summed E-state index contributed by atoms with van der Waals surface area (Å²) >= 11 is 0. The first-order valence-corrected chi connectivity index (χ1v) is 15.0. The zero-order chi connectivity index (χ0) is 34.0. The third kappa shape index (κ3) is 9.59. The van der Waals surface area contributed by atoms with E-state index in [0.29, 0.717) is 24.9 Å². The number of aliphatic hydroxyl groups excluding tert-OH is 3. The van der Waals surface area contributed by atoms with Crippen LogP contribution in [0, 0.1) is 0 Å². The molecule has 0 spiro atoms. The van der Waals surface area contributed by atoms with Gasteiger partial charge < -0.3 is 57.0 Å². The van der Waals surface area contributed by atoms with Gasteiger partial charge in [-0.2, -0.15) is 0 Å². The largest absolute Gasteiger partial charge is 0.508 e. The Hall–Kier alpha value is -4.32. The van der Waals surface area contributed by atoms with Crippen LogP contribution in [0.25, 0.3) is 0 Å². The van der Waals surface area contributed by atoms with Crippen molar-refractivity contribution in [1.29, 1.82) is 0 Å². The minimum atomic E-state index is -1.56. The van der Waals surface area contributed by atoms with Gasteiger partial charge in [0.25, 0.3) is 0 Å². The maximum Gasteiger partial charge on any atom is 0.326 e. The zero-order valence-electron chi connectivity index (χ0n) is 25.3. The SMILES string of the molecule is C[C@@H](O)[C@H](NC(=O)[C@@H]1CCCN1)C(=O)N[C@@H](CO)C(=O)N1CCC[C@H]1C(=O)N[C@@H](CO)C(=O)N[C@@H](Cc1ccc(O)cc1)C(=O)O. The van der Waals surface area contributed by atoms with E-state index in [4.69, 9.17) is 0 Å². The molecular weight excluding hydrogens is 608 g/mol. The lowest BCUT2D eigenvalue weighted by molar-refractivity contribution is -0.144. The molecule has 5 amide bonds. The number of aliphatic carboxylic acids is 1. The van der Waals surface area contributed by atoms with Crippen LogP contribution in [0.4, 0.5) is 0 Å². The summed E-state index contributed by atoms with van der Waals surface area (Å²) in [4.78, 5) is 77.8. The highest BCUT2D eigenvalue weighted by Gasteiger charge is 2.40. The number of amides is 5. The molecule has 1 aromatic rings. The van der Waals surface area contributed by atoms with E-state index in [0.717, 1.165) is 11.3 Å². The molecule has 2 aliphatic rings. The molecule has 0 bridgehead atoms. The van der Waals surface area contributed by atoms with E-state index < -0.39 is 91.1 Å². The first-order valence-electron chi connectivity index (χ1n) is 15.0. The van der Waals surface area contributed by atoms with Crippen LogP contribution in [0.5, 0.6) is 5.75 Å². The molecular formula is C29H42N6O11. The van der Waals surface area contributed by atoms with Crippen molar-refractivity contribution < 1.29 is 54.3 Å². The minimum absolute atomic E-state index is 0.0281. The standard InChI is InChI=1S/C29H42N6O11/c1-15(38)23(34-24(40)18-4-2-10-30-18)27(43)33-21(14-37)28(44)35-11-3-5-22(35)26(42)32-20(13-36)25(41)31-19(29(45)46)12-16-6-8-17(39)9-7-16/h6-9,15,18-23,30,36-39H,2-5,10-14H2,1H3,(H,31,41)(H,32,42)(H,33,43)(H,34,40)(H,45,46)/t15-,18+,19+,20+,21+,22+,23+/m1/s1. The van der Waals surface area contributed by atoms with Crippen molar-refractivity contribution in [2.24, 2.45) is 0 Å². The van der Waals surface area contributed by atoms with Gasteiger partial charge in [0.05, 0.1) is 25.4 Å². The van der Waals surface area contributed by atoms with Crippen LogP contribution < -0.4 is 26.6 Å². The summed E-state index contributed by atoms with van der Waals surface area (Å²) in [5, 5.41) is 61.3. The fourth-order valence-electron chi connectivity index (χ4n) is 5.32. The molecule has 0 radical (unpaired) electrons. The number of phenols is 1. The predicted octanol–water partition coefficient (Wildman–Crippen LogP) is -3.93. The molecule has 17 heteroatoms. The molecule has 17 nitrogen and oxygen atoms in total. The van der Waals surface area contributed by atoms with Crippen molar-refractivity contribution in [1.82, 2.24) is 31.5 Å². The molecule has 2 saturated heterocycles. The summed E-state index contributed by atoms with van der Waals surface area (Å²) in [7, 11) is 0. The lowest BCUT2D eigenvalue weighted by Gasteiger charge is -2.30. The van der Waals surface area contributed by atoms with Gasteiger partial charge in [-0.3, -0.25) is 24.0 Å². The van der Waals surface area contributed by atoms with Crippen LogP contribution >= 0.6 is 0 Å². The lowest BCUT2D eigenvalue weighted by Crippen LogP contribution is -2.61. The number of carboxylic acid groups (broad SMARTS) is 1. The van der Waals surface area contributed by atoms with Gasteiger partial charge in [0.15, 0.2) is 0 Å². The molecule has 2 aliphatic heterocycles. The Morgan fingerprint density at radius 3 is 2.09 bits per heavy atom. The molecule has 10 N–H and O–H groups in total. The summed E-state index contributed by atoms with van der Waals surface area (Å²) < 4.78 is 0. The summed E-state index contributed by atoms with van der Waals surface area (Å²) in [6.45, 7) is 0.226. The number of aliphatic hydroxyl groups is 3. The molecule has 254 valence electrons. The van der Waals surface area contributed by atoms with Gasteiger partial charge >= 0.3 is 5.97 Å². The van der Waals surface area contributed by atoms with Crippen molar-refractivity contribution in [3.8, 4) is 5.75 Å². The Morgan fingerprint density at radius 1 is 0.870 bits per heavy atom. The number of phenolic OH excluding ortho intramolecular Hbond substituents is 1. The minimum Gasteiger partial charge on any atom is -0.508 e. The number of nitrogens with one attached hydrogen (secondary N) is 5. The van der Waals surface area contributed by atoms with Gasteiger partial charge in [0.1, 0.15) is 36.0 Å². The summed E-state index contributed by atoms with van der Waals surface area (Å²) in [6, 6.07) is -1.97. The fourth-order valence-corrected chi connectivity index (χ4v) is 5.32. The van der Waals surface area contributed by atoms with Crippen LogP contribution in [0.15, 0.2) is 24.3 Å². The average Bonchev–Trinajstić information content (AvgIpc) is 3.74. The van der Waals surface area contributed by atoms with Crippen LogP contribution in [0.3, 0.4) is 0 Å². The number of benzene rings is 1. The van der Waals surface area contributed by atoms with Crippen LogP contribution in [-0.2, 0) is 35.2 Å². The molecule has 1 aromatic carbocycles. The number of carbonyl (C=O) groups is 6. The number of carboxylic acids is 1. The van der Waals surface area contributed by atoms with Crippen molar-refractivity contribution >= 4 is 35.5 Å². The van der Waals surface area contributed by atoms with E-state index in [1.54, 1.807) is 0 Å². The third-order valence-electron chi connectivity index (χ3n) is 7.88. The molecule has 2 heterocycles. The zero-order valence-corrected chi connectivity index (χ0v) is 25.3. The molecule has 0 aromatic heterocycles. The predicted molar refractivity (Wildman–Crippen MR) is 159 cm³/mol. The topological polar surface area (TPSA) is 267 Å². The number of likely N-dealkylation sites (tertiary alicyclic amines) is 1. The van der Waals surface area contributed by atoms with Gasteiger partial charge in [-0.25, -0.2) is 4.79 Å². The third-order valence-corrected chi connectivity index (χ3v) is 7.88. The number of rotatable bonds is 15. The van der Waals surface area contributed by atoms with Gasteiger partial charge in [-0.05, 0) is 56.8 Å². The second-order valence-corrected chi connectivity index (χ2v) is 11.3. The normalized spacial score (nSPS) is 20.9. The Bertz CT molecular complexity index is 1250. The van der Waals surface area contributed by atoms with E-state index in [9.17, 15) is 54.3 Å². The van der Waals surface area contributed by atoms with Crippen LogP contribution in [0.1, 0.15) is 38.2 Å².